The van der Waals surface area contributed by atoms with Crippen LogP contribution in [0.25, 0.3) is 0 Å². The van der Waals surface area contributed by atoms with Gasteiger partial charge in [0.25, 0.3) is 0 Å². The first kappa shape index (κ1) is 7.55. The fourth-order valence-electron chi connectivity index (χ4n) is 1.41. The summed E-state index contributed by atoms with van der Waals surface area (Å²) in [6.07, 6.45) is 7.30. The summed E-state index contributed by atoms with van der Waals surface area (Å²) in [5.74, 6) is 0.0547. The van der Waals surface area contributed by atoms with Gasteiger partial charge in [-0.05, 0) is 12.5 Å². The Kier molecular flexibility index (Phi) is 1.96. The van der Waals surface area contributed by atoms with Crippen molar-refractivity contribution in [1.29, 1.82) is 0 Å². The maximum absolute atomic E-state index is 11.1. The lowest BCUT2D eigenvalue weighted by Gasteiger charge is -2.18. The van der Waals surface area contributed by atoms with Gasteiger partial charge < -0.3 is 10.1 Å². The maximum Gasteiger partial charge on any atom is 0.226 e. The molecule has 1 aliphatic heterocycles. The number of amides is 1. The van der Waals surface area contributed by atoms with Gasteiger partial charge in [0.2, 0.25) is 5.91 Å². The molecule has 0 radical (unpaired) electrons. The summed E-state index contributed by atoms with van der Waals surface area (Å²) < 4.78 is 5.47. The first-order valence-electron chi connectivity index (χ1n) is 4.14. The zero-order valence-electron chi connectivity index (χ0n) is 6.75. The van der Waals surface area contributed by atoms with Crippen LogP contribution < -0.4 is 5.32 Å². The normalized spacial score (nSPS) is 28.5. The second-order valence-electron chi connectivity index (χ2n) is 2.94. The molecule has 0 aromatic rings. The number of carbonyl (C=O) groups is 1. The van der Waals surface area contributed by atoms with E-state index < -0.39 is 0 Å². The molecule has 0 spiro atoms. The van der Waals surface area contributed by atoms with Crippen LogP contribution in [-0.4, -0.2) is 18.6 Å². The number of carbonyl (C=O) groups excluding carboxylic acids is 1. The molecule has 2 rings (SSSR count). The number of rotatable bonds is 0. The van der Waals surface area contributed by atoms with Gasteiger partial charge in [-0.1, -0.05) is 12.2 Å². The smallest absolute Gasteiger partial charge is 0.226 e. The number of allylic oxidation sites excluding steroid dienone is 2. The zero-order valence-corrected chi connectivity index (χ0v) is 6.75. The molecule has 0 bridgehead atoms. The van der Waals surface area contributed by atoms with Gasteiger partial charge in [0.05, 0.1) is 13.0 Å². The van der Waals surface area contributed by atoms with E-state index in [0.29, 0.717) is 13.0 Å². The molecule has 1 atom stereocenters. The molecule has 12 heavy (non-hydrogen) atoms. The van der Waals surface area contributed by atoms with E-state index in [1.807, 2.05) is 18.2 Å². The van der Waals surface area contributed by atoms with Crippen LogP contribution in [0.3, 0.4) is 0 Å². The lowest BCUT2D eigenvalue weighted by atomic mass is 10.1. The minimum atomic E-state index is 0.0547. The standard InChI is InChI=1S/C9H11NO2/c11-9-5-6-12-8-4-2-1-3-7(8)10-9/h1-3,8H,4-6H2,(H,10,11). The van der Waals surface area contributed by atoms with Crippen molar-refractivity contribution in [3.63, 3.8) is 0 Å². The Balaban J connectivity index is 2.18. The Labute approximate surface area is 71.1 Å². The van der Waals surface area contributed by atoms with Crippen LogP contribution >= 0.6 is 0 Å². The number of hydrogen-bond acceptors (Lipinski definition) is 2. The number of ether oxygens (including phenoxy) is 1. The molecular weight excluding hydrogens is 154 g/mol. The van der Waals surface area contributed by atoms with Crippen LogP contribution in [0, 0.1) is 0 Å². The van der Waals surface area contributed by atoms with Crippen molar-refractivity contribution in [2.45, 2.75) is 18.9 Å². The monoisotopic (exact) mass is 165 g/mol. The second-order valence-corrected chi connectivity index (χ2v) is 2.94. The predicted molar refractivity (Wildman–Crippen MR) is 44.3 cm³/mol. The molecule has 1 N–H and O–H groups in total. The van der Waals surface area contributed by atoms with Crippen LogP contribution in [0.4, 0.5) is 0 Å². The average Bonchev–Trinajstić information content (AvgIpc) is 2.25. The highest BCUT2D eigenvalue weighted by atomic mass is 16.5. The first-order chi connectivity index (χ1) is 5.86. The minimum absolute atomic E-state index is 0.0547. The Morgan fingerprint density at radius 1 is 1.58 bits per heavy atom. The Bertz CT molecular complexity index is 255. The third-order valence-corrected chi connectivity index (χ3v) is 2.04. The largest absolute Gasteiger partial charge is 0.371 e. The summed E-state index contributed by atoms with van der Waals surface area (Å²) >= 11 is 0. The molecular formula is C9H11NO2. The van der Waals surface area contributed by atoms with E-state index in [2.05, 4.69) is 5.32 Å². The Morgan fingerprint density at radius 3 is 3.42 bits per heavy atom. The van der Waals surface area contributed by atoms with Crippen molar-refractivity contribution in [2.24, 2.45) is 0 Å². The summed E-state index contributed by atoms with van der Waals surface area (Å²) in [6.45, 7) is 0.529. The van der Waals surface area contributed by atoms with Crippen molar-refractivity contribution >= 4 is 5.91 Å². The quantitative estimate of drug-likeness (QED) is 0.574. The number of hydrogen-bond donors (Lipinski definition) is 1. The summed E-state index contributed by atoms with van der Waals surface area (Å²) in [6, 6.07) is 0. The molecule has 3 heteroatoms. The van der Waals surface area contributed by atoms with Crippen molar-refractivity contribution in [3.8, 4) is 0 Å². The molecule has 3 nitrogen and oxygen atoms in total. The van der Waals surface area contributed by atoms with Crippen molar-refractivity contribution < 1.29 is 9.53 Å². The summed E-state index contributed by atoms with van der Waals surface area (Å²) in [5.41, 5.74) is 0.903. The fraction of sp³-hybridized carbons (Fsp3) is 0.444. The zero-order chi connectivity index (χ0) is 8.39. The van der Waals surface area contributed by atoms with Gasteiger partial charge in [0.15, 0.2) is 0 Å². The van der Waals surface area contributed by atoms with Crippen LogP contribution in [0.5, 0.6) is 0 Å². The molecule has 0 aromatic heterocycles. The lowest BCUT2D eigenvalue weighted by molar-refractivity contribution is -0.120. The topological polar surface area (TPSA) is 38.3 Å². The third kappa shape index (κ3) is 1.41. The highest BCUT2D eigenvalue weighted by molar-refractivity contribution is 5.78. The van der Waals surface area contributed by atoms with Gasteiger partial charge in [-0.15, -0.1) is 0 Å². The Morgan fingerprint density at radius 2 is 2.50 bits per heavy atom. The maximum atomic E-state index is 11.1. The van der Waals surface area contributed by atoms with Crippen molar-refractivity contribution in [3.05, 3.63) is 23.9 Å². The summed E-state index contributed by atoms with van der Waals surface area (Å²) in [4.78, 5) is 11.1. The summed E-state index contributed by atoms with van der Waals surface area (Å²) in [7, 11) is 0. The van der Waals surface area contributed by atoms with Gasteiger partial charge >= 0.3 is 0 Å². The van der Waals surface area contributed by atoms with E-state index in [0.717, 1.165) is 12.1 Å². The average molecular weight is 165 g/mol. The molecule has 1 fully saturated rings. The van der Waals surface area contributed by atoms with Gasteiger partial charge in [0.1, 0.15) is 6.10 Å². The SMILES string of the molecule is O=C1CCOC2CC=CC=C2N1. The van der Waals surface area contributed by atoms with E-state index >= 15 is 0 Å². The van der Waals surface area contributed by atoms with Crippen molar-refractivity contribution in [1.82, 2.24) is 5.32 Å². The lowest BCUT2D eigenvalue weighted by Crippen LogP contribution is -2.27. The molecule has 1 amide bonds. The van der Waals surface area contributed by atoms with Gasteiger partial charge in [-0.3, -0.25) is 4.79 Å². The van der Waals surface area contributed by atoms with Crippen LogP contribution in [0.15, 0.2) is 23.9 Å². The molecule has 1 unspecified atom stereocenters. The molecule has 0 aromatic carbocycles. The molecule has 1 saturated heterocycles. The van der Waals surface area contributed by atoms with E-state index in [9.17, 15) is 4.79 Å². The molecule has 64 valence electrons. The molecule has 1 aliphatic carbocycles. The molecule has 1 heterocycles. The third-order valence-electron chi connectivity index (χ3n) is 2.04. The Hall–Kier alpha value is -1.09. The molecule has 0 saturated carbocycles. The van der Waals surface area contributed by atoms with Crippen LogP contribution in [-0.2, 0) is 9.53 Å². The van der Waals surface area contributed by atoms with Gasteiger partial charge in [-0.2, -0.15) is 0 Å². The minimum Gasteiger partial charge on any atom is -0.371 e. The van der Waals surface area contributed by atoms with E-state index in [1.54, 1.807) is 0 Å². The van der Waals surface area contributed by atoms with E-state index in [-0.39, 0.29) is 12.0 Å². The first-order valence-corrected chi connectivity index (χ1v) is 4.14. The highest BCUT2D eigenvalue weighted by Gasteiger charge is 2.21. The van der Waals surface area contributed by atoms with Gasteiger partial charge in [-0.25, -0.2) is 0 Å². The van der Waals surface area contributed by atoms with Gasteiger partial charge in [0, 0.05) is 5.70 Å². The highest BCUT2D eigenvalue weighted by Crippen LogP contribution is 2.16. The molecule has 2 aliphatic rings. The second kappa shape index (κ2) is 3.11. The van der Waals surface area contributed by atoms with Crippen LogP contribution in [0.2, 0.25) is 0 Å². The van der Waals surface area contributed by atoms with E-state index in [4.69, 9.17) is 4.74 Å². The van der Waals surface area contributed by atoms with E-state index in [1.165, 1.54) is 0 Å². The number of fused-ring (bicyclic) bond motifs is 1. The number of nitrogens with one attached hydrogen (secondary N) is 1. The fourth-order valence-corrected chi connectivity index (χ4v) is 1.41. The predicted octanol–water partition coefficient (Wildman–Crippen LogP) is 0.735. The van der Waals surface area contributed by atoms with Crippen LogP contribution in [0.1, 0.15) is 12.8 Å². The summed E-state index contributed by atoms with van der Waals surface area (Å²) in [5, 5.41) is 2.83. The van der Waals surface area contributed by atoms with Crippen molar-refractivity contribution in [2.75, 3.05) is 6.61 Å².